The number of halogens is 3. The molecule has 0 saturated heterocycles. The summed E-state index contributed by atoms with van der Waals surface area (Å²) in [6, 6.07) is 1.48. The Morgan fingerprint density at radius 1 is 1.00 bits per heavy atom. The average molecular weight is 240 g/mol. The molecule has 0 aliphatic rings. The Balaban J connectivity index is 3.27. The van der Waals surface area contributed by atoms with E-state index in [1.165, 1.54) is 0 Å². The molecule has 0 spiro atoms. The van der Waals surface area contributed by atoms with Gasteiger partial charge in [0, 0.05) is 0 Å². The predicted molar refractivity (Wildman–Crippen MR) is 36.1 cm³/mol. The van der Waals surface area contributed by atoms with E-state index < -0.39 is 37.1 Å². The molecule has 0 heterocycles. The van der Waals surface area contributed by atoms with E-state index in [2.05, 4.69) is 0 Å². The van der Waals surface area contributed by atoms with E-state index in [4.69, 9.17) is 8.19 Å². The molecular weight excluding hydrogens is 236 g/mol. The molecule has 0 amide bonds. The molecule has 0 aliphatic carbocycles. The van der Waals surface area contributed by atoms with Crippen LogP contribution >= 0.6 is 0 Å². The summed E-state index contributed by atoms with van der Waals surface area (Å²) < 4.78 is 53.9. The van der Waals surface area contributed by atoms with Crippen molar-refractivity contribution in [3.05, 3.63) is 29.6 Å². The molecule has 0 saturated carbocycles. The molecule has 2 nitrogen and oxygen atoms in total. The summed E-state index contributed by atoms with van der Waals surface area (Å²) in [7, 11) is 0. The van der Waals surface area contributed by atoms with E-state index in [1.54, 1.807) is 0 Å². The number of benzene rings is 1. The van der Waals surface area contributed by atoms with Crippen molar-refractivity contribution in [3.8, 4) is 0 Å². The van der Waals surface area contributed by atoms with Gasteiger partial charge in [0.05, 0.1) is 0 Å². The third-order valence-corrected chi connectivity index (χ3v) is 2.86. The fourth-order valence-electron chi connectivity index (χ4n) is 0.670. The molecule has 1 aromatic carbocycles. The fourth-order valence-corrected chi connectivity index (χ4v) is 1.68. The summed E-state index contributed by atoms with van der Waals surface area (Å²) in [4.78, 5) is 0. The molecule has 6 heteroatoms. The van der Waals surface area contributed by atoms with E-state index in [-0.39, 0.29) is 0 Å². The van der Waals surface area contributed by atoms with Gasteiger partial charge in [-0.1, -0.05) is 0 Å². The average Bonchev–Trinajstić information content (AvgIpc) is 2.00. The quantitative estimate of drug-likeness (QED) is 0.526. The van der Waals surface area contributed by atoms with Gasteiger partial charge in [-0.15, -0.1) is 0 Å². The zero-order valence-electron chi connectivity index (χ0n) is 5.63. The molecule has 0 radical (unpaired) electrons. The van der Waals surface area contributed by atoms with Crippen LogP contribution in [0.5, 0.6) is 0 Å². The van der Waals surface area contributed by atoms with Gasteiger partial charge in [-0.2, -0.15) is 0 Å². The summed E-state index contributed by atoms with van der Waals surface area (Å²) in [5.74, 6) is -4.53. The van der Waals surface area contributed by atoms with Gasteiger partial charge >= 0.3 is 70.6 Å². The van der Waals surface area contributed by atoms with Crippen molar-refractivity contribution in [2.24, 2.45) is 0 Å². The third kappa shape index (κ3) is 1.63. The molecule has 0 aliphatic heterocycles. The van der Waals surface area contributed by atoms with Gasteiger partial charge < -0.3 is 0 Å². The maximum atomic E-state index is 12.6. The van der Waals surface area contributed by atoms with Crippen LogP contribution in [0, 0.1) is 17.5 Å². The molecule has 1 aromatic rings. The second-order valence-corrected chi connectivity index (χ2v) is 4.21. The van der Waals surface area contributed by atoms with Crippen molar-refractivity contribution < 1.29 is 21.4 Å². The first-order valence-corrected chi connectivity index (χ1v) is 5.47. The Morgan fingerprint density at radius 3 is 2.08 bits per heavy atom. The van der Waals surface area contributed by atoms with Crippen molar-refractivity contribution in [2.75, 3.05) is 0 Å². The molecule has 0 bridgehead atoms. The first-order valence-electron chi connectivity index (χ1n) is 2.85. The van der Waals surface area contributed by atoms with Crippen molar-refractivity contribution in [2.45, 2.75) is 0 Å². The van der Waals surface area contributed by atoms with Crippen LogP contribution in [0.25, 0.3) is 0 Å². The summed E-state index contributed by atoms with van der Waals surface area (Å²) in [6.45, 7) is 0. The number of rotatable bonds is 1. The van der Waals surface area contributed by atoms with E-state index in [0.29, 0.717) is 6.07 Å². The van der Waals surface area contributed by atoms with E-state index in [9.17, 15) is 13.2 Å². The topological polar surface area (TPSA) is 40.5 Å². The fraction of sp³-hybridized carbons (Fsp3) is 0. The molecule has 66 valence electrons. The second kappa shape index (κ2) is 3.47. The van der Waals surface area contributed by atoms with Gasteiger partial charge in [-0.05, 0) is 0 Å². The van der Waals surface area contributed by atoms with Crippen molar-refractivity contribution in [1.82, 2.24) is 0 Å². The van der Waals surface area contributed by atoms with Gasteiger partial charge in [0.1, 0.15) is 0 Å². The van der Waals surface area contributed by atoms with Gasteiger partial charge in [0.15, 0.2) is 0 Å². The standard InChI is InChI=1S/C6H4AsF3O2/c8-4-2-1-3(7(11)12)5(9)6(4)10/h1-2,11-12H. The van der Waals surface area contributed by atoms with Crippen LogP contribution in [0.15, 0.2) is 12.1 Å². The van der Waals surface area contributed by atoms with Crippen LogP contribution in [0.2, 0.25) is 0 Å². The summed E-state index contributed by atoms with van der Waals surface area (Å²) >= 11 is -3.46. The monoisotopic (exact) mass is 240 g/mol. The third-order valence-electron chi connectivity index (χ3n) is 1.23. The van der Waals surface area contributed by atoms with Crippen LogP contribution in [0.1, 0.15) is 0 Å². The summed E-state index contributed by atoms with van der Waals surface area (Å²) in [6.07, 6.45) is 0. The molecule has 0 fully saturated rings. The van der Waals surface area contributed by atoms with E-state index >= 15 is 0 Å². The number of hydrogen-bond donors (Lipinski definition) is 2. The van der Waals surface area contributed by atoms with Crippen molar-refractivity contribution >= 4 is 19.7 Å². The van der Waals surface area contributed by atoms with Gasteiger partial charge in [-0.25, -0.2) is 0 Å². The Labute approximate surface area is 71.2 Å². The molecule has 0 aromatic heterocycles. The normalized spacial score (nSPS) is 10.8. The Bertz CT molecular complexity index is 303. The zero-order valence-corrected chi connectivity index (χ0v) is 7.51. The predicted octanol–water partition coefficient (Wildman–Crippen LogP) is -0.216. The van der Waals surface area contributed by atoms with Crippen LogP contribution in [0.3, 0.4) is 0 Å². The zero-order chi connectivity index (χ0) is 9.30. The minimum absolute atomic E-state index is 0.540. The van der Waals surface area contributed by atoms with Gasteiger partial charge in [-0.3, -0.25) is 0 Å². The van der Waals surface area contributed by atoms with Crippen LogP contribution in [-0.4, -0.2) is 23.5 Å². The van der Waals surface area contributed by atoms with Gasteiger partial charge in [0.25, 0.3) is 0 Å². The summed E-state index contributed by atoms with van der Waals surface area (Å²) in [5, 5.41) is 0. The van der Waals surface area contributed by atoms with Crippen LogP contribution in [0.4, 0.5) is 13.2 Å². The summed E-state index contributed by atoms with van der Waals surface area (Å²) in [5.41, 5.74) is 0. The molecule has 0 unspecified atom stereocenters. The van der Waals surface area contributed by atoms with Gasteiger partial charge in [0.2, 0.25) is 0 Å². The molecule has 0 atom stereocenters. The van der Waals surface area contributed by atoms with Crippen LogP contribution < -0.4 is 4.35 Å². The molecule has 2 N–H and O–H groups in total. The first-order chi connectivity index (χ1) is 5.54. The first kappa shape index (κ1) is 9.58. The molecule has 12 heavy (non-hydrogen) atoms. The Hall–Kier alpha value is -0.512. The van der Waals surface area contributed by atoms with Crippen molar-refractivity contribution in [3.63, 3.8) is 0 Å². The Kier molecular flexibility index (Phi) is 2.77. The van der Waals surface area contributed by atoms with E-state index in [0.717, 1.165) is 6.07 Å². The van der Waals surface area contributed by atoms with E-state index in [1.807, 2.05) is 0 Å². The second-order valence-electron chi connectivity index (χ2n) is 1.98. The maximum absolute atomic E-state index is 12.6. The minimum atomic E-state index is -3.46. The number of hydrogen-bond acceptors (Lipinski definition) is 2. The molecular formula is C6H4AsF3O2. The Morgan fingerprint density at radius 2 is 1.58 bits per heavy atom. The van der Waals surface area contributed by atoms with Crippen LogP contribution in [-0.2, 0) is 0 Å². The van der Waals surface area contributed by atoms with Crippen molar-refractivity contribution in [1.29, 1.82) is 0 Å². The molecule has 1 rings (SSSR count). The SMILES string of the molecule is O[As](O)c1ccc(F)c(F)c1F.